The third-order valence-corrected chi connectivity index (χ3v) is 3.81. The van der Waals surface area contributed by atoms with E-state index in [4.69, 9.17) is 5.11 Å². The summed E-state index contributed by atoms with van der Waals surface area (Å²) in [6.07, 6.45) is 3.35. The van der Waals surface area contributed by atoms with Crippen molar-refractivity contribution in [3.05, 3.63) is 12.4 Å². The molecule has 0 spiro atoms. The van der Waals surface area contributed by atoms with Gasteiger partial charge in [0.15, 0.2) is 0 Å². The molecule has 0 radical (unpaired) electrons. The third kappa shape index (κ3) is 3.81. The summed E-state index contributed by atoms with van der Waals surface area (Å²) in [6.45, 7) is 3.72. The minimum Gasteiger partial charge on any atom is -0.481 e. The molecule has 1 aromatic rings. The second-order valence-electron chi connectivity index (χ2n) is 5.31. The number of aliphatic carboxylic acids is 1. The van der Waals surface area contributed by atoms with Gasteiger partial charge in [-0.1, -0.05) is 13.3 Å². The van der Waals surface area contributed by atoms with E-state index in [1.807, 2.05) is 4.90 Å². The van der Waals surface area contributed by atoms with Crippen LogP contribution in [0, 0.1) is 11.8 Å². The Morgan fingerprint density at radius 2 is 2.29 bits per heavy atom. The Morgan fingerprint density at radius 3 is 2.95 bits per heavy atom. The van der Waals surface area contributed by atoms with E-state index >= 15 is 0 Å². The number of aromatic nitrogens is 2. The van der Waals surface area contributed by atoms with Crippen molar-refractivity contribution in [2.75, 3.05) is 36.5 Å². The van der Waals surface area contributed by atoms with E-state index < -0.39 is 5.97 Å². The number of hydrogen-bond donors (Lipinski definition) is 3. The number of aliphatic hydroxyl groups excluding tert-OH is 1. The molecule has 0 saturated carbocycles. The van der Waals surface area contributed by atoms with Crippen LogP contribution in [-0.2, 0) is 4.79 Å². The molecule has 1 aliphatic rings. The largest absolute Gasteiger partial charge is 0.481 e. The maximum atomic E-state index is 11.4. The predicted molar refractivity (Wildman–Crippen MR) is 79.3 cm³/mol. The number of carboxylic acids is 1. The van der Waals surface area contributed by atoms with Crippen LogP contribution in [0.4, 0.5) is 11.6 Å². The molecule has 1 saturated heterocycles. The highest BCUT2D eigenvalue weighted by Gasteiger charge is 2.37. The van der Waals surface area contributed by atoms with Crippen molar-refractivity contribution in [2.45, 2.75) is 19.8 Å². The Labute approximate surface area is 124 Å². The molecular weight excluding hydrogens is 272 g/mol. The summed E-state index contributed by atoms with van der Waals surface area (Å²) in [6, 6.07) is 1.79. The van der Waals surface area contributed by atoms with Crippen molar-refractivity contribution in [3.8, 4) is 0 Å². The Kier molecular flexibility index (Phi) is 5.32. The van der Waals surface area contributed by atoms with Crippen LogP contribution in [0.3, 0.4) is 0 Å². The zero-order valence-corrected chi connectivity index (χ0v) is 12.2. The van der Waals surface area contributed by atoms with Gasteiger partial charge in [0.25, 0.3) is 0 Å². The molecule has 1 fully saturated rings. The van der Waals surface area contributed by atoms with Gasteiger partial charge in [0, 0.05) is 25.7 Å². The molecule has 2 heterocycles. The fraction of sp³-hybridized carbons (Fsp3) is 0.643. The van der Waals surface area contributed by atoms with E-state index in [2.05, 4.69) is 22.2 Å². The van der Waals surface area contributed by atoms with E-state index in [-0.39, 0.29) is 18.4 Å². The molecule has 0 amide bonds. The van der Waals surface area contributed by atoms with E-state index in [0.29, 0.717) is 25.5 Å². The van der Waals surface area contributed by atoms with Crippen LogP contribution in [0.2, 0.25) is 0 Å². The quantitative estimate of drug-likeness (QED) is 0.684. The second kappa shape index (κ2) is 7.21. The molecule has 21 heavy (non-hydrogen) atoms. The predicted octanol–water partition coefficient (Wildman–Crippen LogP) is 0.818. The molecular formula is C14H22N4O3. The molecule has 2 unspecified atom stereocenters. The number of aliphatic hydroxyl groups is 1. The molecule has 0 aromatic carbocycles. The third-order valence-electron chi connectivity index (χ3n) is 3.81. The van der Waals surface area contributed by atoms with Gasteiger partial charge in [0.2, 0.25) is 0 Å². The molecule has 116 valence electrons. The van der Waals surface area contributed by atoms with Crippen molar-refractivity contribution in [3.63, 3.8) is 0 Å². The Morgan fingerprint density at radius 1 is 1.48 bits per heavy atom. The molecule has 1 aromatic heterocycles. The monoisotopic (exact) mass is 294 g/mol. The Bertz CT molecular complexity index is 483. The van der Waals surface area contributed by atoms with Crippen LogP contribution in [0.15, 0.2) is 12.4 Å². The maximum absolute atomic E-state index is 11.4. The number of nitrogens with one attached hydrogen (secondary N) is 1. The molecule has 3 N–H and O–H groups in total. The molecule has 7 heteroatoms. The summed E-state index contributed by atoms with van der Waals surface area (Å²) >= 11 is 0. The average molecular weight is 294 g/mol. The van der Waals surface area contributed by atoms with Gasteiger partial charge in [0.1, 0.15) is 18.0 Å². The van der Waals surface area contributed by atoms with Crippen molar-refractivity contribution in [1.29, 1.82) is 0 Å². The fourth-order valence-corrected chi connectivity index (χ4v) is 2.80. The van der Waals surface area contributed by atoms with E-state index in [1.54, 1.807) is 6.07 Å². The fourth-order valence-electron chi connectivity index (χ4n) is 2.80. The molecule has 2 atom stereocenters. The first-order chi connectivity index (χ1) is 10.2. The summed E-state index contributed by atoms with van der Waals surface area (Å²) < 4.78 is 0. The number of nitrogens with zero attached hydrogens (tertiary/aromatic N) is 3. The maximum Gasteiger partial charge on any atom is 0.308 e. The van der Waals surface area contributed by atoms with Crippen molar-refractivity contribution in [1.82, 2.24) is 9.97 Å². The topological polar surface area (TPSA) is 98.6 Å². The minimum absolute atomic E-state index is 0.0305. The molecule has 0 aliphatic carbocycles. The first-order valence-corrected chi connectivity index (χ1v) is 7.30. The van der Waals surface area contributed by atoms with Crippen molar-refractivity contribution >= 4 is 17.6 Å². The smallest absolute Gasteiger partial charge is 0.308 e. The highest BCUT2D eigenvalue weighted by Crippen LogP contribution is 2.30. The van der Waals surface area contributed by atoms with Gasteiger partial charge in [-0.05, 0) is 12.3 Å². The van der Waals surface area contributed by atoms with Gasteiger partial charge in [-0.15, -0.1) is 0 Å². The Hall–Kier alpha value is -1.89. The zero-order chi connectivity index (χ0) is 15.2. The van der Waals surface area contributed by atoms with Gasteiger partial charge < -0.3 is 20.4 Å². The number of rotatable bonds is 7. The van der Waals surface area contributed by atoms with Gasteiger partial charge >= 0.3 is 5.97 Å². The average Bonchev–Trinajstić information content (AvgIpc) is 2.90. The van der Waals surface area contributed by atoms with Crippen molar-refractivity contribution < 1.29 is 15.0 Å². The number of carbonyl (C=O) groups is 1. The van der Waals surface area contributed by atoms with Gasteiger partial charge in [-0.2, -0.15) is 0 Å². The van der Waals surface area contributed by atoms with Crippen LogP contribution < -0.4 is 10.2 Å². The first-order valence-electron chi connectivity index (χ1n) is 7.30. The van der Waals surface area contributed by atoms with Crippen LogP contribution >= 0.6 is 0 Å². The summed E-state index contributed by atoms with van der Waals surface area (Å²) in [5, 5.41) is 21.1. The number of hydrogen-bond acceptors (Lipinski definition) is 6. The van der Waals surface area contributed by atoms with Crippen LogP contribution in [0.5, 0.6) is 0 Å². The lowest BCUT2D eigenvalue weighted by molar-refractivity contribution is -0.142. The molecule has 7 nitrogen and oxygen atoms in total. The number of carboxylic acid groups (broad SMARTS) is 1. The highest BCUT2D eigenvalue weighted by molar-refractivity contribution is 5.72. The Balaban J connectivity index is 2.09. The minimum atomic E-state index is -0.733. The lowest BCUT2D eigenvalue weighted by Crippen LogP contribution is -2.24. The summed E-state index contributed by atoms with van der Waals surface area (Å²) in [7, 11) is 0. The van der Waals surface area contributed by atoms with Crippen LogP contribution in [0.25, 0.3) is 0 Å². The SMILES string of the molecule is CCCC1CN(c2cc(NCCO)ncn2)CC1C(=O)O. The molecule has 2 rings (SSSR count). The normalized spacial score (nSPS) is 21.5. The van der Waals surface area contributed by atoms with Crippen molar-refractivity contribution in [2.24, 2.45) is 11.8 Å². The second-order valence-corrected chi connectivity index (χ2v) is 5.31. The van der Waals surface area contributed by atoms with E-state index in [1.165, 1.54) is 6.33 Å². The number of anilines is 2. The van der Waals surface area contributed by atoms with Gasteiger partial charge in [0.05, 0.1) is 12.5 Å². The van der Waals surface area contributed by atoms with E-state index in [0.717, 1.165) is 18.7 Å². The van der Waals surface area contributed by atoms with Crippen LogP contribution in [-0.4, -0.2) is 52.4 Å². The lowest BCUT2D eigenvalue weighted by Gasteiger charge is -2.17. The standard InChI is InChI=1S/C14H22N4O3/c1-2-3-10-7-18(8-11(10)14(20)21)13-6-12(15-4-5-19)16-9-17-13/h6,9-11,19H,2-5,7-8H2,1H3,(H,20,21)(H,15,16,17). The van der Waals surface area contributed by atoms with E-state index in [9.17, 15) is 9.90 Å². The molecule has 1 aliphatic heterocycles. The highest BCUT2D eigenvalue weighted by atomic mass is 16.4. The zero-order valence-electron chi connectivity index (χ0n) is 12.2. The van der Waals surface area contributed by atoms with Gasteiger partial charge in [-0.25, -0.2) is 9.97 Å². The van der Waals surface area contributed by atoms with Crippen LogP contribution in [0.1, 0.15) is 19.8 Å². The summed E-state index contributed by atoms with van der Waals surface area (Å²) in [5.74, 6) is 0.462. The lowest BCUT2D eigenvalue weighted by atomic mass is 9.92. The molecule has 0 bridgehead atoms. The first kappa shape index (κ1) is 15.5. The summed E-state index contributed by atoms with van der Waals surface area (Å²) in [4.78, 5) is 21.7. The van der Waals surface area contributed by atoms with Gasteiger partial charge in [-0.3, -0.25) is 4.79 Å². The summed E-state index contributed by atoms with van der Waals surface area (Å²) in [5.41, 5.74) is 0.